The van der Waals surface area contributed by atoms with Crippen molar-refractivity contribution in [3.8, 4) is 5.75 Å². The molecule has 1 aromatic heterocycles. The third-order valence-corrected chi connectivity index (χ3v) is 3.64. The van der Waals surface area contributed by atoms with Crippen molar-refractivity contribution in [2.24, 2.45) is 0 Å². The molecule has 1 N–H and O–H groups in total. The lowest BCUT2D eigenvalue weighted by molar-refractivity contribution is 0.300. The SMILES string of the molecule is CCc1nc(COc2cc(F)cc(CNC)c2)cs1. The van der Waals surface area contributed by atoms with Crippen LogP contribution in [0.15, 0.2) is 23.6 Å². The Morgan fingerprint density at radius 1 is 1.37 bits per heavy atom. The zero-order valence-corrected chi connectivity index (χ0v) is 11.9. The standard InChI is InChI=1S/C14H17FN2OS/c1-3-14-17-12(9-19-14)8-18-13-5-10(7-16-2)4-11(15)6-13/h4-6,9,16H,3,7-8H2,1-2H3. The van der Waals surface area contributed by atoms with Crippen LogP contribution in [-0.2, 0) is 19.6 Å². The van der Waals surface area contributed by atoms with Gasteiger partial charge in [-0.2, -0.15) is 0 Å². The molecule has 0 atom stereocenters. The van der Waals surface area contributed by atoms with E-state index in [0.29, 0.717) is 18.9 Å². The van der Waals surface area contributed by atoms with Gasteiger partial charge in [-0.15, -0.1) is 11.3 Å². The van der Waals surface area contributed by atoms with E-state index >= 15 is 0 Å². The summed E-state index contributed by atoms with van der Waals surface area (Å²) in [5.41, 5.74) is 1.76. The highest BCUT2D eigenvalue weighted by Gasteiger charge is 2.04. The monoisotopic (exact) mass is 280 g/mol. The van der Waals surface area contributed by atoms with Gasteiger partial charge in [-0.3, -0.25) is 0 Å². The van der Waals surface area contributed by atoms with Gasteiger partial charge in [-0.1, -0.05) is 6.92 Å². The Hall–Kier alpha value is -1.46. The van der Waals surface area contributed by atoms with Crippen LogP contribution in [0.3, 0.4) is 0 Å². The van der Waals surface area contributed by atoms with Gasteiger partial charge in [-0.05, 0) is 31.2 Å². The molecule has 0 aliphatic heterocycles. The second kappa shape index (κ2) is 6.63. The van der Waals surface area contributed by atoms with Gasteiger partial charge in [0, 0.05) is 18.0 Å². The minimum absolute atomic E-state index is 0.282. The maximum absolute atomic E-state index is 13.4. The van der Waals surface area contributed by atoms with Crippen molar-refractivity contribution < 1.29 is 9.13 Å². The first-order valence-corrected chi connectivity index (χ1v) is 7.09. The van der Waals surface area contributed by atoms with Crippen molar-refractivity contribution >= 4 is 11.3 Å². The summed E-state index contributed by atoms with van der Waals surface area (Å²) in [6.07, 6.45) is 0.928. The maximum atomic E-state index is 13.4. The van der Waals surface area contributed by atoms with Gasteiger partial charge in [0.05, 0.1) is 10.7 Å². The molecule has 0 spiro atoms. The van der Waals surface area contributed by atoms with Crippen molar-refractivity contribution in [2.75, 3.05) is 7.05 Å². The van der Waals surface area contributed by atoms with Crippen molar-refractivity contribution in [3.05, 3.63) is 45.7 Å². The number of aromatic nitrogens is 1. The fraction of sp³-hybridized carbons (Fsp3) is 0.357. The average Bonchev–Trinajstić information content (AvgIpc) is 2.84. The molecule has 1 heterocycles. The number of ether oxygens (including phenoxy) is 1. The van der Waals surface area contributed by atoms with Crippen LogP contribution in [0.5, 0.6) is 5.75 Å². The molecule has 0 amide bonds. The lowest BCUT2D eigenvalue weighted by Gasteiger charge is -2.07. The summed E-state index contributed by atoms with van der Waals surface area (Å²) in [5.74, 6) is 0.256. The lowest BCUT2D eigenvalue weighted by atomic mass is 10.2. The second-order valence-electron chi connectivity index (χ2n) is 4.20. The number of hydrogen-bond donors (Lipinski definition) is 1. The topological polar surface area (TPSA) is 34.1 Å². The molecule has 3 nitrogen and oxygen atoms in total. The summed E-state index contributed by atoms with van der Waals surface area (Å²) in [6, 6.07) is 4.74. The number of nitrogens with zero attached hydrogens (tertiary/aromatic N) is 1. The quantitative estimate of drug-likeness (QED) is 0.882. The molecule has 1 aromatic carbocycles. The number of nitrogens with one attached hydrogen (secondary N) is 1. The van der Waals surface area contributed by atoms with Crippen LogP contribution < -0.4 is 10.1 Å². The highest BCUT2D eigenvalue weighted by molar-refractivity contribution is 7.09. The second-order valence-corrected chi connectivity index (χ2v) is 5.14. The lowest BCUT2D eigenvalue weighted by Crippen LogP contribution is -2.06. The Morgan fingerprint density at radius 2 is 2.21 bits per heavy atom. The number of hydrogen-bond acceptors (Lipinski definition) is 4. The fourth-order valence-corrected chi connectivity index (χ4v) is 2.47. The highest BCUT2D eigenvalue weighted by atomic mass is 32.1. The van der Waals surface area contributed by atoms with Crippen molar-refractivity contribution in [3.63, 3.8) is 0 Å². The number of aryl methyl sites for hydroxylation is 1. The number of benzene rings is 1. The van der Waals surface area contributed by atoms with Crippen LogP contribution in [0.2, 0.25) is 0 Å². The molecule has 0 radical (unpaired) electrons. The Kier molecular flexibility index (Phi) is 4.87. The van der Waals surface area contributed by atoms with Crippen LogP contribution in [0.4, 0.5) is 4.39 Å². The van der Waals surface area contributed by atoms with E-state index in [1.807, 2.05) is 18.5 Å². The predicted octanol–water partition coefficient (Wildman–Crippen LogP) is 3.14. The largest absolute Gasteiger partial charge is 0.487 e. The third kappa shape index (κ3) is 4.01. The molecule has 102 valence electrons. The minimum atomic E-state index is -0.282. The first kappa shape index (κ1) is 14.0. The predicted molar refractivity (Wildman–Crippen MR) is 75.0 cm³/mol. The molecule has 2 aromatic rings. The van der Waals surface area contributed by atoms with Crippen molar-refractivity contribution in [1.82, 2.24) is 10.3 Å². The van der Waals surface area contributed by atoms with Crippen LogP contribution >= 0.6 is 11.3 Å². The molecule has 0 saturated carbocycles. The van der Waals surface area contributed by atoms with E-state index in [9.17, 15) is 4.39 Å². The first-order chi connectivity index (χ1) is 9.21. The first-order valence-electron chi connectivity index (χ1n) is 6.21. The zero-order valence-electron chi connectivity index (χ0n) is 11.1. The number of thiazole rings is 1. The molecule has 2 rings (SSSR count). The van der Waals surface area contributed by atoms with Gasteiger partial charge in [-0.25, -0.2) is 9.37 Å². The molecular weight excluding hydrogens is 263 g/mol. The van der Waals surface area contributed by atoms with E-state index in [-0.39, 0.29) is 5.82 Å². The summed E-state index contributed by atoms with van der Waals surface area (Å²) >= 11 is 1.62. The summed E-state index contributed by atoms with van der Waals surface area (Å²) in [5, 5.41) is 6.06. The number of rotatable bonds is 6. The van der Waals surface area contributed by atoms with Crippen LogP contribution in [0, 0.1) is 5.82 Å². The minimum Gasteiger partial charge on any atom is -0.487 e. The molecule has 19 heavy (non-hydrogen) atoms. The smallest absolute Gasteiger partial charge is 0.131 e. The Morgan fingerprint density at radius 3 is 2.89 bits per heavy atom. The Labute approximate surface area is 116 Å². The van der Waals surface area contributed by atoms with Crippen LogP contribution in [0.25, 0.3) is 0 Å². The molecule has 5 heteroatoms. The molecule has 0 fully saturated rings. The van der Waals surface area contributed by atoms with E-state index in [1.54, 1.807) is 11.3 Å². The fourth-order valence-electron chi connectivity index (χ4n) is 1.75. The highest BCUT2D eigenvalue weighted by Crippen LogP contribution is 2.18. The van der Waals surface area contributed by atoms with Gasteiger partial charge >= 0.3 is 0 Å². The molecule has 0 aliphatic carbocycles. The maximum Gasteiger partial charge on any atom is 0.131 e. The summed E-state index contributed by atoms with van der Waals surface area (Å²) in [6.45, 7) is 3.06. The van der Waals surface area contributed by atoms with Gasteiger partial charge in [0.1, 0.15) is 18.2 Å². The molecule has 0 aliphatic rings. The van der Waals surface area contributed by atoms with Crippen molar-refractivity contribution in [2.45, 2.75) is 26.5 Å². The van der Waals surface area contributed by atoms with E-state index in [4.69, 9.17) is 4.74 Å². The zero-order chi connectivity index (χ0) is 13.7. The summed E-state index contributed by atoms with van der Waals surface area (Å²) < 4.78 is 19.0. The average molecular weight is 280 g/mol. The molecule has 0 saturated heterocycles. The summed E-state index contributed by atoms with van der Waals surface area (Å²) in [4.78, 5) is 4.41. The molecule has 0 bridgehead atoms. The summed E-state index contributed by atoms with van der Waals surface area (Å²) in [7, 11) is 1.83. The van der Waals surface area contributed by atoms with Gasteiger partial charge in [0.15, 0.2) is 0 Å². The van der Waals surface area contributed by atoms with E-state index in [1.165, 1.54) is 12.1 Å². The van der Waals surface area contributed by atoms with Gasteiger partial charge in [0.25, 0.3) is 0 Å². The van der Waals surface area contributed by atoms with Crippen molar-refractivity contribution in [1.29, 1.82) is 0 Å². The van der Waals surface area contributed by atoms with E-state index < -0.39 is 0 Å². The normalized spacial score (nSPS) is 10.7. The Balaban J connectivity index is 2.02. The van der Waals surface area contributed by atoms with Gasteiger partial charge in [0.2, 0.25) is 0 Å². The number of halogens is 1. The van der Waals surface area contributed by atoms with E-state index in [2.05, 4.69) is 17.2 Å². The van der Waals surface area contributed by atoms with E-state index in [0.717, 1.165) is 22.7 Å². The van der Waals surface area contributed by atoms with Crippen LogP contribution in [-0.4, -0.2) is 12.0 Å². The van der Waals surface area contributed by atoms with Crippen LogP contribution in [0.1, 0.15) is 23.2 Å². The Bertz CT molecular complexity index is 542. The van der Waals surface area contributed by atoms with Gasteiger partial charge < -0.3 is 10.1 Å². The molecular formula is C14H17FN2OS. The molecule has 0 unspecified atom stereocenters. The third-order valence-electron chi connectivity index (χ3n) is 2.60.